The van der Waals surface area contributed by atoms with Crippen LogP contribution in [0.25, 0.3) is 0 Å². The maximum absolute atomic E-state index is 9.91. The van der Waals surface area contributed by atoms with Crippen LogP contribution in [-0.4, -0.2) is 31.3 Å². The van der Waals surface area contributed by atoms with Gasteiger partial charge in [-0.2, -0.15) is 0 Å². The molecule has 2 aliphatic rings. The molecule has 2 N–H and O–H groups in total. The van der Waals surface area contributed by atoms with Crippen LogP contribution in [0.5, 0.6) is 0 Å². The molecular formula is C17H24F3NO2. The number of hydrogen-bond donors (Lipinski definition) is 2. The van der Waals surface area contributed by atoms with E-state index >= 15 is 0 Å². The molecular weight excluding hydrogens is 307 g/mol. The predicted molar refractivity (Wildman–Crippen MR) is 82.9 cm³/mol. The smallest absolute Gasteiger partial charge is 0.316 e. The molecule has 1 aliphatic heterocycles. The zero-order chi connectivity index (χ0) is 17.5. The van der Waals surface area contributed by atoms with Gasteiger partial charge in [0.15, 0.2) is 0 Å². The van der Waals surface area contributed by atoms with Crippen LogP contribution in [0.2, 0.25) is 0 Å². The normalized spacial score (nSPS) is 21.5. The molecule has 6 heteroatoms. The first-order chi connectivity index (χ1) is 10.8. The average molecular weight is 331 g/mol. The summed E-state index contributed by atoms with van der Waals surface area (Å²) in [4.78, 5) is 8.00. The molecule has 1 heterocycles. The molecule has 23 heavy (non-hydrogen) atoms. The maximum Gasteiger partial charge on any atom is 0.519 e. The lowest BCUT2D eigenvalue weighted by Crippen LogP contribution is -2.51. The molecule has 1 aromatic rings. The number of nitrogens with one attached hydrogen (secondary N) is 1. The third-order valence-electron chi connectivity index (χ3n) is 4.41. The summed E-state index contributed by atoms with van der Waals surface area (Å²) < 4.78 is 29.7. The summed E-state index contributed by atoms with van der Waals surface area (Å²) in [5.74, 6) is 0.934. The highest BCUT2D eigenvalue weighted by Gasteiger charge is 2.43. The molecule has 1 spiro atoms. The molecule has 1 saturated heterocycles. The molecule has 2 fully saturated rings. The molecule has 0 amide bonds. The van der Waals surface area contributed by atoms with E-state index in [2.05, 4.69) is 36.5 Å². The van der Waals surface area contributed by atoms with Crippen LogP contribution < -0.4 is 5.32 Å². The number of carbonyl (C=O) groups is 1. The summed E-state index contributed by atoms with van der Waals surface area (Å²) in [6.07, 6.45) is 0.642. The lowest BCUT2D eigenvalue weighted by molar-refractivity contribution is -0.295. The Bertz CT molecular complexity index is 481. The highest BCUT2D eigenvalue weighted by atomic mass is 19.4. The van der Waals surface area contributed by atoms with Crippen LogP contribution >= 0.6 is 0 Å². The third kappa shape index (κ3) is 7.14. The van der Waals surface area contributed by atoms with Crippen molar-refractivity contribution in [3.8, 4) is 0 Å². The van der Waals surface area contributed by atoms with Gasteiger partial charge in [0.25, 0.3) is 0 Å². The number of aryl methyl sites for hydroxylation is 1. The van der Waals surface area contributed by atoms with Gasteiger partial charge in [-0.15, -0.1) is 13.2 Å². The number of hydrogen-bond acceptors (Lipinski definition) is 3. The zero-order valence-corrected chi connectivity index (χ0v) is 13.3. The Morgan fingerprint density at radius 3 is 2.39 bits per heavy atom. The number of benzene rings is 1. The van der Waals surface area contributed by atoms with Gasteiger partial charge in [-0.1, -0.05) is 29.8 Å². The average Bonchev–Trinajstić information content (AvgIpc) is 2.83. The molecule has 1 aromatic carbocycles. The van der Waals surface area contributed by atoms with Crippen molar-refractivity contribution < 1.29 is 23.1 Å². The second-order valence-electron chi connectivity index (χ2n) is 6.37. The van der Waals surface area contributed by atoms with E-state index in [-0.39, 0.29) is 0 Å². The highest BCUT2D eigenvalue weighted by Crippen LogP contribution is 2.45. The van der Waals surface area contributed by atoms with E-state index in [0.29, 0.717) is 5.41 Å². The van der Waals surface area contributed by atoms with Crippen molar-refractivity contribution in [2.24, 2.45) is 11.3 Å². The van der Waals surface area contributed by atoms with Crippen molar-refractivity contribution in [1.29, 1.82) is 0 Å². The molecule has 0 aromatic heterocycles. The number of rotatable bonds is 2. The van der Waals surface area contributed by atoms with Crippen LogP contribution in [-0.2, 0) is 11.2 Å². The van der Waals surface area contributed by atoms with Crippen LogP contribution in [0.4, 0.5) is 13.2 Å². The van der Waals surface area contributed by atoms with Crippen molar-refractivity contribution in [3.05, 3.63) is 35.4 Å². The zero-order valence-electron chi connectivity index (χ0n) is 13.3. The molecule has 0 radical (unpaired) electrons. The SMILES string of the molecule is C=O.Cc1cccc(C[C@H]2CCC3(CNC3)C2)c1.OC(F)(F)F. The van der Waals surface area contributed by atoms with Crippen molar-refractivity contribution in [1.82, 2.24) is 5.32 Å². The predicted octanol–water partition coefficient (Wildman–Crippen LogP) is 3.24. The van der Waals surface area contributed by atoms with Gasteiger partial charge in [0.2, 0.25) is 0 Å². The van der Waals surface area contributed by atoms with E-state index in [1.54, 1.807) is 0 Å². The minimum absolute atomic E-state index is 0.703. The third-order valence-corrected chi connectivity index (χ3v) is 4.41. The van der Waals surface area contributed by atoms with E-state index in [1.165, 1.54) is 49.9 Å². The van der Waals surface area contributed by atoms with Crippen LogP contribution in [0.3, 0.4) is 0 Å². The molecule has 3 rings (SSSR count). The lowest BCUT2D eigenvalue weighted by Gasteiger charge is -2.39. The molecule has 1 saturated carbocycles. The Morgan fingerprint density at radius 1 is 1.35 bits per heavy atom. The molecule has 0 unspecified atom stereocenters. The van der Waals surface area contributed by atoms with Gasteiger partial charge in [0, 0.05) is 13.1 Å². The van der Waals surface area contributed by atoms with Crippen molar-refractivity contribution in [2.75, 3.05) is 13.1 Å². The molecule has 1 atom stereocenters. The van der Waals surface area contributed by atoms with Crippen molar-refractivity contribution in [2.45, 2.75) is 39.0 Å². The standard InChI is InChI=1S/C15H21N.CHF3O.CH2O/c1-12-3-2-4-13(7-12)8-14-5-6-15(9-14)10-16-11-15;2-1(3,4)5;1-2/h2-4,7,14,16H,5-6,8-11H2,1H3;5H;1H2/t14-;;/m1../s1. The Morgan fingerprint density at radius 2 is 1.96 bits per heavy atom. The summed E-state index contributed by atoms with van der Waals surface area (Å²) in [6.45, 7) is 6.74. The summed E-state index contributed by atoms with van der Waals surface area (Å²) in [5, 5.41) is 9.96. The minimum atomic E-state index is -5.00. The molecule has 0 bridgehead atoms. The van der Waals surface area contributed by atoms with Gasteiger partial charge >= 0.3 is 6.36 Å². The van der Waals surface area contributed by atoms with Crippen LogP contribution in [0, 0.1) is 18.3 Å². The summed E-state index contributed by atoms with van der Waals surface area (Å²) in [6, 6.07) is 9.02. The summed E-state index contributed by atoms with van der Waals surface area (Å²) in [5.41, 5.74) is 3.64. The Hall–Kier alpha value is -1.40. The maximum atomic E-state index is 9.91. The largest absolute Gasteiger partial charge is 0.519 e. The topological polar surface area (TPSA) is 49.3 Å². The molecule has 1 aliphatic carbocycles. The van der Waals surface area contributed by atoms with Gasteiger partial charge in [0.1, 0.15) is 6.79 Å². The molecule has 130 valence electrons. The van der Waals surface area contributed by atoms with Gasteiger partial charge in [-0.3, -0.25) is 0 Å². The second-order valence-corrected chi connectivity index (χ2v) is 6.37. The van der Waals surface area contributed by atoms with E-state index < -0.39 is 6.36 Å². The Labute approximate surface area is 134 Å². The number of carbonyl (C=O) groups excluding carboxylic acids is 1. The number of halogens is 3. The monoisotopic (exact) mass is 331 g/mol. The molecule has 3 nitrogen and oxygen atoms in total. The first-order valence-electron chi connectivity index (χ1n) is 7.60. The number of aliphatic hydroxyl groups is 1. The first kappa shape index (κ1) is 19.6. The first-order valence-corrected chi connectivity index (χ1v) is 7.60. The lowest BCUT2D eigenvalue weighted by atomic mass is 9.79. The van der Waals surface area contributed by atoms with Gasteiger partial charge in [-0.25, -0.2) is 0 Å². The fraction of sp³-hybridized carbons (Fsp3) is 0.588. The second kappa shape index (κ2) is 8.45. The fourth-order valence-electron chi connectivity index (χ4n) is 3.47. The Kier molecular flexibility index (Phi) is 7.22. The number of alkyl halides is 3. The van der Waals surface area contributed by atoms with E-state index in [0.717, 1.165) is 5.92 Å². The summed E-state index contributed by atoms with van der Waals surface area (Å²) >= 11 is 0. The minimum Gasteiger partial charge on any atom is -0.316 e. The van der Waals surface area contributed by atoms with Crippen molar-refractivity contribution in [3.63, 3.8) is 0 Å². The van der Waals surface area contributed by atoms with Crippen molar-refractivity contribution >= 4 is 6.79 Å². The van der Waals surface area contributed by atoms with Gasteiger partial charge in [-0.05, 0) is 49.5 Å². The van der Waals surface area contributed by atoms with Crippen LogP contribution in [0.1, 0.15) is 30.4 Å². The van der Waals surface area contributed by atoms with Gasteiger partial charge < -0.3 is 15.2 Å². The van der Waals surface area contributed by atoms with E-state index in [9.17, 15) is 13.2 Å². The summed E-state index contributed by atoms with van der Waals surface area (Å²) in [7, 11) is 0. The van der Waals surface area contributed by atoms with Gasteiger partial charge in [0.05, 0.1) is 0 Å². The van der Waals surface area contributed by atoms with E-state index in [4.69, 9.17) is 9.90 Å². The fourth-order valence-corrected chi connectivity index (χ4v) is 3.47. The quantitative estimate of drug-likeness (QED) is 0.875. The van der Waals surface area contributed by atoms with E-state index in [1.807, 2.05) is 6.79 Å². The highest BCUT2D eigenvalue weighted by molar-refractivity contribution is 5.23. The van der Waals surface area contributed by atoms with Crippen LogP contribution in [0.15, 0.2) is 24.3 Å². The Balaban J connectivity index is 0.000000327.